The molecule has 0 fully saturated rings. The number of alkyl halides is 2. The van der Waals surface area contributed by atoms with Gasteiger partial charge in [0.1, 0.15) is 0 Å². The number of hydrogen-bond acceptors (Lipinski definition) is 2. The molecule has 0 unspecified atom stereocenters. The van der Waals surface area contributed by atoms with Gasteiger partial charge in [0.25, 0.3) is 0 Å². The number of halogens is 2. The van der Waals surface area contributed by atoms with E-state index in [2.05, 4.69) is 36.8 Å². The molecule has 1 aromatic rings. The fourth-order valence-electron chi connectivity index (χ4n) is 1.36. The summed E-state index contributed by atoms with van der Waals surface area (Å²) in [6.45, 7) is 1.01. The van der Waals surface area contributed by atoms with Crippen LogP contribution < -0.4 is 11.4 Å². The Balaban J connectivity index is 2.56. The smallest absolute Gasteiger partial charge is 0.257 e. The standard InChI is InChI=1S/C6H7Br2N3O2/c7-3-1-10-5(12)9-6(13)11(10)2-4(3)8/h3-4H,1-2H2,(H,9,12,13)/t3-,4+. The first kappa shape index (κ1) is 9.26. The van der Waals surface area contributed by atoms with Crippen LogP contribution >= 0.6 is 31.9 Å². The Morgan fingerprint density at radius 3 is 1.85 bits per heavy atom. The summed E-state index contributed by atoms with van der Waals surface area (Å²) in [6.07, 6.45) is 0. The zero-order valence-corrected chi connectivity index (χ0v) is 9.71. The van der Waals surface area contributed by atoms with E-state index < -0.39 is 0 Å². The van der Waals surface area contributed by atoms with Gasteiger partial charge in [0.05, 0.1) is 13.1 Å². The van der Waals surface area contributed by atoms with Crippen molar-refractivity contribution in [2.45, 2.75) is 22.7 Å². The molecule has 0 amide bonds. The predicted octanol–water partition coefficient (Wildman–Crippen LogP) is -0.121. The number of H-pyrrole nitrogens is 1. The maximum absolute atomic E-state index is 11.2. The second-order valence-corrected chi connectivity index (χ2v) is 5.28. The zero-order chi connectivity index (χ0) is 9.59. The molecule has 2 rings (SSSR count). The Hall–Kier alpha value is -0.300. The van der Waals surface area contributed by atoms with Crippen LogP contribution in [0.25, 0.3) is 0 Å². The van der Waals surface area contributed by atoms with Gasteiger partial charge in [0.15, 0.2) is 0 Å². The summed E-state index contributed by atoms with van der Waals surface area (Å²) in [6, 6.07) is 0. The molecule has 2 heterocycles. The highest BCUT2D eigenvalue weighted by Crippen LogP contribution is 2.20. The average Bonchev–Trinajstić information content (AvgIpc) is 2.31. The number of nitrogens with zero attached hydrogens (tertiary/aromatic N) is 2. The molecule has 7 heteroatoms. The summed E-state index contributed by atoms with van der Waals surface area (Å²) in [5, 5.41) is 0. The summed E-state index contributed by atoms with van der Waals surface area (Å²) >= 11 is 6.86. The first-order valence-electron chi connectivity index (χ1n) is 3.77. The lowest BCUT2D eigenvalue weighted by molar-refractivity contribution is 0.370. The number of nitrogens with one attached hydrogen (secondary N) is 1. The van der Waals surface area contributed by atoms with Gasteiger partial charge in [0, 0.05) is 9.65 Å². The van der Waals surface area contributed by atoms with E-state index in [4.69, 9.17) is 0 Å². The molecule has 0 spiro atoms. The van der Waals surface area contributed by atoms with Gasteiger partial charge in [-0.15, -0.1) is 0 Å². The Morgan fingerprint density at radius 1 is 1.08 bits per heavy atom. The maximum atomic E-state index is 11.2. The van der Waals surface area contributed by atoms with Crippen molar-refractivity contribution in [3.8, 4) is 0 Å². The lowest BCUT2D eigenvalue weighted by Crippen LogP contribution is -2.41. The molecule has 72 valence electrons. The van der Waals surface area contributed by atoms with Gasteiger partial charge < -0.3 is 0 Å². The molecule has 0 aromatic carbocycles. The molecule has 0 bridgehead atoms. The fourth-order valence-corrected chi connectivity index (χ4v) is 2.24. The number of aromatic nitrogens is 3. The second kappa shape index (κ2) is 3.13. The minimum atomic E-state index is -0.339. The van der Waals surface area contributed by atoms with E-state index in [0.717, 1.165) is 0 Å². The summed E-state index contributed by atoms with van der Waals surface area (Å²) in [4.78, 5) is 25.0. The minimum Gasteiger partial charge on any atom is -0.257 e. The third-order valence-electron chi connectivity index (χ3n) is 2.06. The summed E-state index contributed by atoms with van der Waals surface area (Å²) in [5.74, 6) is 0. The maximum Gasteiger partial charge on any atom is 0.344 e. The third kappa shape index (κ3) is 1.43. The van der Waals surface area contributed by atoms with E-state index in [0.29, 0.717) is 13.1 Å². The summed E-state index contributed by atoms with van der Waals surface area (Å²) in [5.41, 5.74) is -0.678. The topological polar surface area (TPSA) is 59.8 Å². The van der Waals surface area contributed by atoms with Crippen molar-refractivity contribution >= 4 is 31.9 Å². The number of rotatable bonds is 0. The van der Waals surface area contributed by atoms with Crippen LogP contribution in [0.15, 0.2) is 9.59 Å². The molecule has 5 nitrogen and oxygen atoms in total. The van der Waals surface area contributed by atoms with Crippen molar-refractivity contribution in [2.24, 2.45) is 0 Å². The first-order chi connectivity index (χ1) is 6.09. The Labute approximate surface area is 90.0 Å². The molecule has 1 N–H and O–H groups in total. The SMILES string of the molecule is O=c1[nH]c(=O)n2n1C[C@@H](Br)[C@@H](Br)C2. The normalized spacial score (nSPS) is 27.2. The highest BCUT2D eigenvalue weighted by Gasteiger charge is 2.26. The monoisotopic (exact) mass is 311 g/mol. The van der Waals surface area contributed by atoms with E-state index in [1.165, 1.54) is 9.36 Å². The lowest BCUT2D eigenvalue weighted by Gasteiger charge is -2.24. The molecule has 0 aliphatic carbocycles. The molecule has 0 saturated carbocycles. The van der Waals surface area contributed by atoms with Crippen molar-refractivity contribution in [1.82, 2.24) is 14.3 Å². The van der Waals surface area contributed by atoms with Gasteiger partial charge >= 0.3 is 11.4 Å². The highest BCUT2D eigenvalue weighted by molar-refractivity contribution is 9.12. The van der Waals surface area contributed by atoms with Crippen LogP contribution in [0.2, 0.25) is 0 Å². The van der Waals surface area contributed by atoms with Crippen LogP contribution in [-0.4, -0.2) is 24.0 Å². The van der Waals surface area contributed by atoms with Crippen molar-refractivity contribution in [1.29, 1.82) is 0 Å². The van der Waals surface area contributed by atoms with Crippen LogP contribution in [-0.2, 0) is 13.1 Å². The van der Waals surface area contributed by atoms with Crippen LogP contribution in [0, 0.1) is 0 Å². The molecule has 1 aromatic heterocycles. The van der Waals surface area contributed by atoms with Gasteiger partial charge in [0.2, 0.25) is 0 Å². The van der Waals surface area contributed by atoms with Gasteiger partial charge in [-0.1, -0.05) is 31.9 Å². The van der Waals surface area contributed by atoms with E-state index in [-0.39, 0.29) is 21.0 Å². The van der Waals surface area contributed by atoms with Gasteiger partial charge in [-0.05, 0) is 0 Å². The Bertz CT molecular complexity index is 393. The zero-order valence-electron chi connectivity index (χ0n) is 6.54. The third-order valence-corrected chi connectivity index (χ3v) is 4.63. The molecule has 13 heavy (non-hydrogen) atoms. The minimum absolute atomic E-state index is 0.181. The summed E-state index contributed by atoms with van der Waals surface area (Å²) in [7, 11) is 0. The van der Waals surface area contributed by atoms with Gasteiger partial charge in [-0.25, -0.2) is 19.0 Å². The van der Waals surface area contributed by atoms with E-state index in [9.17, 15) is 9.59 Å². The van der Waals surface area contributed by atoms with E-state index >= 15 is 0 Å². The van der Waals surface area contributed by atoms with Gasteiger partial charge in [-0.3, -0.25) is 4.98 Å². The van der Waals surface area contributed by atoms with Crippen molar-refractivity contribution in [3.05, 3.63) is 21.0 Å². The Kier molecular flexibility index (Phi) is 2.23. The average molecular weight is 313 g/mol. The van der Waals surface area contributed by atoms with Crippen LogP contribution in [0.1, 0.15) is 0 Å². The molecule has 1 aliphatic heterocycles. The molecular formula is C6H7Br2N3O2. The highest BCUT2D eigenvalue weighted by atomic mass is 79.9. The lowest BCUT2D eigenvalue weighted by atomic mass is 10.3. The molecular weight excluding hydrogens is 306 g/mol. The van der Waals surface area contributed by atoms with E-state index in [1.54, 1.807) is 0 Å². The van der Waals surface area contributed by atoms with Gasteiger partial charge in [-0.2, -0.15) is 0 Å². The largest absolute Gasteiger partial charge is 0.344 e. The summed E-state index contributed by atoms with van der Waals surface area (Å²) < 4.78 is 2.83. The second-order valence-electron chi connectivity index (χ2n) is 2.93. The van der Waals surface area contributed by atoms with Crippen LogP contribution in [0.5, 0.6) is 0 Å². The number of fused-ring (bicyclic) bond motifs is 1. The van der Waals surface area contributed by atoms with Crippen LogP contribution in [0.4, 0.5) is 0 Å². The number of aromatic amines is 1. The Morgan fingerprint density at radius 2 is 1.46 bits per heavy atom. The molecule has 0 saturated heterocycles. The fraction of sp³-hybridized carbons (Fsp3) is 0.667. The molecule has 1 aliphatic rings. The van der Waals surface area contributed by atoms with Crippen molar-refractivity contribution in [3.63, 3.8) is 0 Å². The first-order valence-corrected chi connectivity index (χ1v) is 5.61. The quantitative estimate of drug-likeness (QED) is 0.679. The van der Waals surface area contributed by atoms with Crippen molar-refractivity contribution in [2.75, 3.05) is 0 Å². The van der Waals surface area contributed by atoms with E-state index in [1.807, 2.05) is 0 Å². The van der Waals surface area contributed by atoms with Crippen LogP contribution in [0.3, 0.4) is 0 Å². The molecule has 0 radical (unpaired) electrons. The predicted molar refractivity (Wildman–Crippen MR) is 54.7 cm³/mol. The van der Waals surface area contributed by atoms with Crippen molar-refractivity contribution < 1.29 is 0 Å². The number of hydrogen-bond donors (Lipinski definition) is 1. The molecule has 2 atom stereocenters.